The minimum Gasteiger partial charge on any atom is -0.354 e. The molecule has 1 saturated heterocycles. The molecule has 1 aromatic heterocycles. The van der Waals surface area contributed by atoms with Crippen LogP contribution < -0.4 is 10.2 Å². The first-order chi connectivity index (χ1) is 12.6. The molecule has 1 N–H and O–H groups in total. The van der Waals surface area contributed by atoms with Crippen molar-refractivity contribution in [1.82, 2.24) is 15.5 Å². The summed E-state index contributed by atoms with van der Waals surface area (Å²) < 4.78 is 0. The van der Waals surface area contributed by atoms with Crippen LogP contribution in [0.1, 0.15) is 38.7 Å². The van der Waals surface area contributed by atoms with Crippen LogP contribution in [0.5, 0.6) is 0 Å². The third-order valence-electron chi connectivity index (χ3n) is 5.19. The lowest BCUT2D eigenvalue weighted by Crippen LogP contribution is -2.45. The third-order valence-corrected chi connectivity index (χ3v) is 5.19. The molecule has 0 spiro atoms. The fourth-order valence-corrected chi connectivity index (χ4v) is 3.36. The molecule has 26 heavy (non-hydrogen) atoms. The van der Waals surface area contributed by atoms with Crippen LogP contribution in [0.3, 0.4) is 0 Å². The van der Waals surface area contributed by atoms with E-state index >= 15 is 0 Å². The standard InChI is InChI=1S/C21H28N4O/c1-4-16(3)22-21(26)17-9-7-13-25(14-17)20-12-11-19(23-24-20)18-10-6-5-8-15(18)2/h5-6,8,10-12,16-17H,4,7,9,13-14H2,1-3H3,(H,22,26)/t16-,17+/m1/s1. The first-order valence-corrected chi connectivity index (χ1v) is 9.53. The topological polar surface area (TPSA) is 58.1 Å². The van der Waals surface area contributed by atoms with Gasteiger partial charge >= 0.3 is 0 Å². The van der Waals surface area contributed by atoms with E-state index in [9.17, 15) is 4.79 Å². The molecular formula is C21H28N4O. The van der Waals surface area contributed by atoms with Gasteiger partial charge in [-0.05, 0) is 50.8 Å². The van der Waals surface area contributed by atoms with Gasteiger partial charge in [0, 0.05) is 24.7 Å². The second-order valence-corrected chi connectivity index (χ2v) is 7.19. The molecule has 0 aliphatic carbocycles. The van der Waals surface area contributed by atoms with Crippen molar-refractivity contribution in [2.24, 2.45) is 5.92 Å². The van der Waals surface area contributed by atoms with E-state index in [1.807, 2.05) is 31.2 Å². The van der Waals surface area contributed by atoms with Crippen LogP contribution >= 0.6 is 0 Å². The van der Waals surface area contributed by atoms with Crippen LogP contribution in [0.2, 0.25) is 0 Å². The Morgan fingerprint density at radius 3 is 2.77 bits per heavy atom. The number of amides is 1. The first kappa shape index (κ1) is 18.4. The summed E-state index contributed by atoms with van der Waals surface area (Å²) in [7, 11) is 0. The fraction of sp³-hybridized carbons (Fsp3) is 0.476. The maximum absolute atomic E-state index is 12.4. The van der Waals surface area contributed by atoms with Gasteiger partial charge in [-0.3, -0.25) is 4.79 Å². The van der Waals surface area contributed by atoms with Crippen LogP contribution in [-0.2, 0) is 4.79 Å². The number of aromatic nitrogens is 2. The Kier molecular flexibility index (Phi) is 5.86. The van der Waals surface area contributed by atoms with Crippen LogP contribution in [0.4, 0.5) is 5.82 Å². The Balaban J connectivity index is 1.69. The number of hydrogen-bond acceptors (Lipinski definition) is 4. The number of carbonyl (C=O) groups excluding carboxylic acids is 1. The number of nitrogens with one attached hydrogen (secondary N) is 1. The number of piperidine rings is 1. The molecule has 5 heteroatoms. The predicted octanol–water partition coefficient (Wildman–Crippen LogP) is 3.58. The number of anilines is 1. The van der Waals surface area contributed by atoms with Crippen molar-refractivity contribution < 1.29 is 4.79 Å². The van der Waals surface area contributed by atoms with Crippen LogP contribution in [-0.4, -0.2) is 35.2 Å². The van der Waals surface area contributed by atoms with Gasteiger partial charge in [0.25, 0.3) is 0 Å². The summed E-state index contributed by atoms with van der Waals surface area (Å²) in [6.07, 6.45) is 2.89. The highest BCUT2D eigenvalue weighted by molar-refractivity contribution is 5.79. The molecule has 2 atom stereocenters. The van der Waals surface area contributed by atoms with Crippen molar-refractivity contribution in [2.75, 3.05) is 18.0 Å². The number of nitrogens with zero attached hydrogens (tertiary/aromatic N) is 3. The summed E-state index contributed by atoms with van der Waals surface area (Å²) in [4.78, 5) is 14.6. The maximum Gasteiger partial charge on any atom is 0.225 e. The molecule has 2 aromatic rings. The Labute approximate surface area is 155 Å². The highest BCUT2D eigenvalue weighted by Gasteiger charge is 2.27. The van der Waals surface area contributed by atoms with Gasteiger partial charge in [-0.1, -0.05) is 31.2 Å². The number of aryl methyl sites for hydroxylation is 1. The molecule has 1 aliphatic rings. The first-order valence-electron chi connectivity index (χ1n) is 9.53. The number of hydrogen-bond donors (Lipinski definition) is 1. The smallest absolute Gasteiger partial charge is 0.225 e. The molecule has 5 nitrogen and oxygen atoms in total. The van der Waals surface area contributed by atoms with E-state index in [2.05, 4.69) is 46.4 Å². The second kappa shape index (κ2) is 8.30. The molecular weight excluding hydrogens is 324 g/mol. The molecule has 2 heterocycles. The van der Waals surface area contributed by atoms with Crippen LogP contribution in [0, 0.1) is 12.8 Å². The summed E-state index contributed by atoms with van der Waals surface area (Å²) in [5, 5.41) is 12.0. The minimum atomic E-state index is 0.0237. The summed E-state index contributed by atoms with van der Waals surface area (Å²) in [5.74, 6) is 1.03. The zero-order valence-electron chi connectivity index (χ0n) is 15.9. The molecule has 3 rings (SSSR count). The molecule has 1 aromatic carbocycles. The van der Waals surface area contributed by atoms with E-state index in [4.69, 9.17) is 0 Å². The Hall–Kier alpha value is -2.43. The zero-order valence-corrected chi connectivity index (χ0v) is 15.9. The second-order valence-electron chi connectivity index (χ2n) is 7.19. The van der Waals surface area contributed by atoms with Crippen LogP contribution in [0.15, 0.2) is 36.4 Å². The van der Waals surface area contributed by atoms with Crippen molar-refractivity contribution in [1.29, 1.82) is 0 Å². The van der Waals surface area contributed by atoms with Crippen LogP contribution in [0.25, 0.3) is 11.3 Å². The number of carbonyl (C=O) groups is 1. The number of rotatable bonds is 5. The molecule has 0 unspecified atom stereocenters. The molecule has 0 radical (unpaired) electrons. The third kappa shape index (κ3) is 4.21. The van der Waals surface area contributed by atoms with Crippen molar-refractivity contribution in [2.45, 2.75) is 46.1 Å². The lowest BCUT2D eigenvalue weighted by Gasteiger charge is -2.33. The van der Waals surface area contributed by atoms with E-state index in [0.29, 0.717) is 6.54 Å². The molecule has 1 aliphatic heterocycles. The van der Waals surface area contributed by atoms with Gasteiger partial charge < -0.3 is 10.2 Å². The summed E-state index contributed by atoms with van der Waals surface area (Å²) in [5.41, 5.74) is 3.18. The average molecular weight is 352 g/mol. The number of benzene rings is 1. The van der Waals surface area contributed by atoms with E-state index in [-0.39, 0.29) is 17.9 Å². The van der Waals surface area contributed by atoms with E-state index in [1.165, 1.54) is 5.56 Å². The predicted molar refractivity (Wildman–Crippen MR) is 105 cm³/mol. The molecule has 0 bridgehead atoms. The summed E-state index contributed by atoms with van der Waals surface area (Å²) in [6.45, 7) is 7.85. The van der Waals surface area contributed by atoms with Gasteiger partial charge in [-0.2, -0.15) is 0 Å². The Morgan fingerprint density at radius 2 is 2.08 bits per heavy atom. The average Bonchev–Trinajstić information content (AvgIpc) is 2.68. The van der Waals surface area contributed by atoms with Gasteiger partial charge in [0.15, 0.2) is 5.82 Å². The summed E-state index contributed by atoms with van der Waals surface area (Å²) in [6, 6.07) is 12.5. The van der Waals surface area contributed by atoms with Crippen molar-refractivity contribution in [3.05, 3.63) is 42.0 Å². The molecule has 138 valence electrons. The quantitative estimate of drug-likeness (QED) is 0.893. The van der Waals surface area contributed by atoms with Gasteiger partial charge in [0.2, 0.25) is 5.91 Å². The van der Waals surface area contributed by atoms with E-state index in [0.717, 1.165) is 42.9 Å². The lowest BCUT2D eigenvalue weighted by molar-refractivity contribution is -0.125. The SMILES string of the molecule is CC[C@@H](C)NC(=O)[C@H]1CCCN(c2ccc(-c3ccccc3C)nn2)C1. The van der Waals surface area contributed by atoms with Gasteiger partial charge in [0.05, 0.1) is 11.6 Å². The fourth-order valence-electron chi connectivity index (χ4n) is 3.36. The summed E-state index contributed by atoms with van der Waals surface area (Å²) >= 11 is 0. The monoisotopic (exact) mass is 352 g/mol. The molecule has 1 fully saturated rings. The molecule has 1 amide bonds. The highest BCUT2D eigenvalue weighted by atomic mass is 16.2. The van der Waals surface area contributed by atoms with Crippen molar-refractivity contribution >= 4 is 11.7 Å². The highest BCUT2D eigenvalue weighted by Crippen LogP contribution is 2.25. The molecule has 0 saturated carbocycles. The maximum atomic E-state index is 12.4. The lowest BCUT2D eigenvalue weighted by atomic mass is 9.96. The van der Waals surface area contributed by atoms with Gasteiger partial charge in [-0.25, -0.2) is 0 Å². The van der Waals surface area contributed by atoms with Crippen molar-refractivity contribution in [3.63, 3.8) is 0 Å². The largest absolute Gasteiger partial charge is 0.354 e. The van der Waals surface area contributed by atoms with E-state index in [1.54, 1.807) is 0 Å². The minimum absolute atomic E-state index is 0.0237. The van der Waals surface area contributed by atoms with Gasteiger partial charge in [0.1, 0.15) is 0 Å². The normalized spacial score (nSPS) is 18.4. The Bertz CT molecular complexity index is 744. The van der Waals surface area contributed by atoms with Crippen molar-refractivity contribution in [3.8, 4) is 11.3 Å². The van der Waals surface area contributed by atoms with Gasteiger partial charge in [-0.15, -0.1) is 10.2 Å². The van der Waals surface area contributed by atoms with E-state index < -0.39 is 0 Å². The zero-order chi connectivity index (χ0) is 18.5. The Morgan fingerprint density at radius 1 is 1.27 bits per heavy atom.